The average molecular weight is 441 g/mol. The first-order valence-corrected chi connectivity index (χ1v) is 9.67. The number of anilines is 3. The zero-order valence-electron chi connectivity index (χ0n) is 18.7. The summed E-state index contributed by atoms with van der Waals surface area (Å²) in [4.78, 5) is 38.3. The van der Waals surface area contributed by atoms with Crippen LogP contribution < -0.4 is 30.4 Å². The first-order chi connectivity index (χ1) is 15.2. The van der Waals surface area contributed by atoms with Gasteiger partial charge in [0.1, 0.15) is 11.5 Å². The second-order valence-electron chi connectivity index (χ2n) is 6.97. The molecule has 0 heterocycles. The molecule has 0 unspecified atom stereocenters. The van der Waals surface area contributed by atoms with Crippen LogP contribution in [0.3, 0.4) is 0 Å². The van der Waals surface area contributed by atoms with Crippen molar-refractivity contribution in [1.82, 2.24) is 5.43 Å². The molecule has 10 heteroatoms. The molecular weight excluding hydrogens is 414 g/mol. The number of hydrazone groups is 1. The van der Waals surface area contributed by atoms with E-state index in [1.54, 1.807) is 37.3 Å². The number of benzene rings is 2. The number of nitrogens with one attached hydrogen (secondary N) is 3. The number of nitrogens with zero attached hydrogens (tertiary/aromatic N) is 2. The summed E-state index contributed by atoms with van der Waals surface area (Å²) in [7, 11) is 6.78. The van der Waals surface area contributed by atoms with Crippen molar-refractivity contribution in [3.05, 3.63) is 42.5 Å². The molecule has 170 valence electrons. The van der Waals surface area contributed by atoms with Gasteiger partial charge in [0, 0.05) is 37.2 Å². The standard InChI is InChI=1S/C22H27N5O5/c1-14(12-20(28)23-15-6-8-16(9-7-15)27(2)3)25-26-22(30)21(29)24-18-11-10-17(31-4)13-19(18)32-5/h6-11,13H,12H2,1-5H3,(H,23,28)(H,24,29)(H,26,30)/b25-14-. The molecule has 0 aliphatic carbocycles. The zero-order chi connectivity index (χ0) is 23.7. The van der Waals surface area contributed by atoms with Crippen LogP contribution in [-0.2, 0) is 14.4 Å². The number of methoxy groups -OCH3 is 2. The number of amides is 3. The number of ether oxygens (including phenoxy) is 2. The molecule has 0 aliphatic rings. The summed E-state index contributed by atoms with van der Waals surface area (Å²) in [6.45, 7) is 1.57. The maximum atomic E-state index is 12.2. The van der Waals surface area contributed by atoms with Gasteiger partial charge in [-0.15, -0.1) is 0 Å². The van der Waals surface area contributed by atoms with Crippen molar-refractivity contribution < 1.29 is 23.9 Å². The molecule has 2 aromatic carbocycles. The van der Waals surface area contributed by atoms with E-state index in [1.807, 2.05) is 31.1 Å². The average Bonchev–Trinajstić information content (AvgIpc) is 2.77. The van der Waals surface area contributed by atoms with Crippen molar-refractivity contribution in [1.29, 1.82) is 0 Å². The van der Waals surface area contributed by atoms with Gasteiger partial charge in [-0.25, -0.2) is 5.43 Å². The molecule has 0 fully saturated rings. The van der Waals surface area contributed by atoms with Gasteiger partial charge in [-0.05, 0) is 43.3 Å². The van der Waals surface area contributed by atoms with E-state index in [0.717, 1.165) is 5.69 Å². The summed E-state index contributed by atoms with van der Waals surface area (Å²) in [6, 6.07) is 12.1. The third-order valence-corrected chi connectivity index (χ3v) is 4.30. The molecular formula is C22H27N5O5. The Balaban J connectivity index is 1.88. The molecule has 32 heavy (non-hydrogen) atoms. The van der Waals surface area contributed by atoms with E-state index in [9.17, 15) is 14.4 Å². The molecule has 0 saturated heterocycles. The molecule has 0 atom stereocenters. The lowest BCUT2D eigenvalue weighted by Gasteiger charge is -2.13. The fourth-order valence-electron chi connectivity index (χ4n) is 2.60. The van der Waals surface area contributed by atoms with Crippen LogP contribution >= 0.6 is 0 Å². The van der Waals surface area contributed by atoms with Gasteiger partial charge >= 0.3 is 11.8 Å². The van der Waals surface area contributed by atoms with Crippen LogP contribution in [-0.4, -0.2) is 51.7 Å². The fourth-order valence-corrected chi connectivity index (χ4v) is 2.60. The first-order valence-electron chi connectivity index (χ1n) is 9.67. The number of rotatable bonds is 8. The van der Waals surface area contributed by atoms with Crippen LogP contribution in [0.5, 0.6) is 11.5 Å². The molecule has 0 aromatic heterocycles. The normalized spacial score (nSPS) is 10.7. The Hall–Kier alpha value is -4.08. The van der Waals surface area contributed by atoms with E-state index in [0.29, 0.717) is 28.6 Å². The lowest BCUT2D eigenvalue weighted by Crippen LogP contribution is -2.33. The van der Waals surface area contributed by atoms with Crippen molar-refractivity contribution >= 4 is 40.5 Å². The third kappa shape index (κ3) is 7.01. The summed E-state index contributed by atoms with van der Waals surface area (Å²) in [6.07, 6.45) is -0.0520. The van der Waals surface area contributed by atoms with Crippen LogP contribution in [0.15, 0.2) is 47.6 Å². The van der Waals surface area contributed by atoms with E-state index < -0.39 is 11.8 Å². The Morgan fingerprint density at radius 3 is 2.22 bits per heavy atom. The van der Waals surface area contributed by atoms with Gasteiger partial charge in [0.25, 0.3) is 0 Å². The summed E-state index contributed by atoms with van der Waals surface area (Å²) >= 11 is 0. The van der Waals surface area contributed by atoms with E-state index in [1.165, 1.54) is 14.2 Å². The van der Waals surface area contributed by atoms with Gasteiger partial charge in [0.2, 0.25) is 5.91 Å². The van der Waals surface area contributed by atoms with Gasteiger partial charge in [0.05, 0.1) is 26.3 Å². The molecule has 0 bridgehead atoms. The quantitative estimate of drug-likeness (QED) is 0.328. The van der Waals surface area contributed by atoms with Gasteiger partial charge in [0.15, 0.2) is 0 Å². The molecule has 0 aliphatic heterocycles. The second-order valence-corrected chi connectivity index (χ2v) is 6.97. The minimum Gasteiger partial charge on any atom is -0.497 e. The Morgan fingerprint density at radius 1 is 0.938 bits per heavy atom. The van der Waals surface area contributed by atoms with Crippen LogP contribution in [0.2, 0.25) is 0 Å². The Bertz CT molecular complexity index is 1000. The predicted octanol–water partition coefficient (Wildman–Crippen LogP) is 2.23. The van der Waals surface area contributed by atoms with Crippen molar-refractivity contribution in [2.75, 3.05) is 43.8 Å². The smallest absolute Gasteiger partial charge is 0.329 e. The van der Waals surface area contributed by atoms with Crippen LogP contribution in [0.25, 0.3) is 0 Å². The Labute approximate surface area is 186 Å². The van der Waals surface area contributed by atoms with E-state index in [2.05, 4.69) is 21.2 Å². The predicted molar refractivity (Wildman–Crippen MR) is 123 cm³/mol. The topological polar surface area (TPSA) is 121 Å². The molecule has 2 rings (SSSR count). The van der Waals surface area contributed by atoms with Crippen LogP contribution in [0.4, 0.5) is 17.1 Å². The number of carbonyl (C=O) groups is 3. The minimum atomic E-state index is -0.984. The highest BCUT2D eigenvalue weighted by atomic mass is 16.5. The monoisotopic (exact) mass is 441 g/mol. The summed E-state index contributed by atoms with van der Waals surface area (Å²) < 4.78 is 10.3. The molecule has 0 radical (unpaired) electrons. The molecule has 0 spiro atoms. The van der Waals surface area contributed by atoms with Crippen LogP contribution in [0, 0.1) is 0 Å². The van der Waals surface area contributed by atoms with E-state index in [-0.39, 0.29) is 12.3 Å². The lowest BCUT2D eigenvalue weighted by atomic mass is 10.2. The highest BCUT2D eigenvalue weighted by Crippen LogP contribution is 2.28. The number of hydrogen-bond acceptors (Lipinski definition) is 7. The molecule has 3 amide bonds. The third-order valence-electron chi connectivity index (χ3n) is 4.30. The summed E-state index contributed by atoms with van der Waals surface area (Å²) in [5.74, 6) is -1.35. The largest absolute Gasteiger partial charge is 0.497 e. The van der Waals surface area contributed by atoms with Gasteiger partial charge in [-0.1, -0.05) is 0 Å². The minimum absolute atomic E-state index is 0.0520. The number of hydrogen-bond donors (Lipinski definition) is 3. The lowest BCUT2D eigenvalue weighted by molar-refractivity contribution is -0.136. The molecule has 0 saturated carbocycles. The zero-order valence-corrected chi connectivity index (χ0v) is 18.7. The Morgan fingerprint density at radius 2 is 1.62 bits per heavy atom. The van der Waals surface area contributed by atoms with Gasteiger partial charge in [-0.3, -0.25) is 14.4 Å². The maximum Gasteiger partial charge on any atom is 0.329 e. The molecule has 3 N–H and O–H groups in total. The molecule has 2 aromatic rings. The highest BCUT2D eigenvalue weighted by Gasteiger charge is 2.16. The van der Waals surface area contributed by atoms with Crippen LogP contribution in [0.1, 0.15) is 13.3 Å². The SMILES string of the molecule is COc1ccc(NC(=O)C(=O)N/N=C(/C)CC(=O)Nc2ccc(N(C)C)cc2)c(OC)c1. The van der Waals surface area contributed by atoms with E-state index >= 15 is 0 Å². The van der Waals surface area contributed by atoms with Crippen molar-refractivity contribution in [2.45, 2.75) is 13.3 Å². The van der Waals surface area contributed by atoms with Crippen molar-refractivity contribution in [3.63, 3.8) is 0 Å². The van der Waals surface area contributed by atoms with Crippen molar-refractivity contribution in [2.24, 2.45) is 5.10 Å². The second kappa shape index (κ2) is 11.3. The highest BCUT2D eigenvalue weighted by molar-refractivity contribution is 6.39. The van der Waals surface area contributed by atoms with Crippen molar-refractivity contribution in [3.8, 4) is 11.5 Å². The van der Waals surface area contributed by atoms with E-state index in [4.69, 9.17) is 9.47 Å². The van der Waals surface area contributed by atoms with Gasteiger partial charge < -0.3 is 25.0 Å². The summed E-state index contributed by atoms with van der Waals surface area (Å²) in [5.41, 5.74) is 4.42. The molecule has 10 nitrogen and oxygen atoms in total. The van der Waals surface area contributed by atoms with Gasteiger partial charge in [-0.2, -0.15) is 5.10 Å². The maximum absolute atomic E-state index is 12.2. The Kier molecular flexibility index (Phi) is 8.58. The first kappa shape index (κ1) is 24.2. The summed E-state index contributed by atoms with van der Waals surface area (Å²) in [5, 5.41) is 9.00. The fraction of sp³-hybridized carbons (Fsp3) is 0.273. The number of carbonyl (C=O) groups excluding carboxylic acids is 3.